The molecular weight excluding hydrogens is 278 g/mol. The Hall–Kier alpha value is -1.28. The minimum absolute atomic E-state index is 0.0439. The summed E-state index contributed by atoms with van der Waals surface area (Å²) in [7, 11) is -3.51. The molecule has 0 aliphatic heterocycles. The van der Waals surface area contributed by atoms with Gasteiger partial charge in [-0.3, -0.25) is 0 Å². The molecule has 1 atom stereocenters. The quantitative estimate of drug-likeness (QED) is 0.735. The van der Waals surface area contributed by atoms with Gasteiger partial charge in [0.15, 0.2) is 0 Å². The van der Waals surface area contributed by atoms with Crippen molar-refractivity contribution in [3.63, 3.8) is 0 Å². The molecule has 0 saturated carbocycles. The number of rotatable bonds is 8. The summed E-state index contributed by atoms with van der Waals surface area (Å²) in [5.74, 6) is 0.0439. The van der Waals surface area contributed by atoms with Crippen molar-refractivity contribution in [2.75, 3.05) is 17.8 Å². The van der Waals surface area contributed by atoms with Crippen LogP contribution in [0.2, 0.25) is 0 Å². The number of hydrogen-bond acceptors (Lipinski definition) is 6. The smallest absolute Gasteiger partial charge is 0.256 e. The van der Waals surface area contributed by atoms with Gasteiger partial charge in [0.1, 0.15) is 0 Å². The van der Waals surface area contributed by atoms with Crippen LogP contribution < -0.4 is 10.0 Å². The molecule has 0 amide bonds. The van der Waals surface area contributed by atoms with Crippen LogP contribution in [0.4, 0.5) is 5.95 Å². The number of sulfonamides is 1. The van der Waals surface area contributed by atoms with Crippen molar-refractivity contribution in [1.82, 2.24) is 20.5 Å². The molecule has 0 radical (unpaired) electrons. The van der Waals surface area contributed by atoms with Crippen molar-refractivity contribution in [1.29, 1.82) is 0 Å². The third-order valence-electron chi connectivity index (χ3n) is 2.95. The third-order valence-corrected chi connectivity index (χ3v) is 4.65. The Balaban J connectivity index is 2.87. The van der Waals surface area contributed by atoms with Crippen LogP contribution >= 0.6 is 0 Å². The van der Waals surface area contributed by atoms with Gasteiger partial charge in [-0.05, 0) is 26.3 Å². The molecule has 1 rings (SSSR count). The summed E-state index contributed by atoms with van der Waals surface area (Å²) in [6.45, 7) is 8.59. The van der Waals surface area contributed by atoms with Crippen molar-refractivity contribution in [2.45, 2.75) is 45.8 Å². The van der Waals surface area contributed by atoms with Crippen LogP contribution in [0.1, 0.15) is 39.1 Å². The molecule has 0 fully saturated rings. The van der Waals surface area contributed by atoms with Gasteiger partial charge in [-0.15, -0.1) is 10.2 Å². The summed E-state index contributed by atoms with van der Waals surface area (Å²) < 4.78 is 26.6. The summed E-state index contributed by atoms with van der Waals surface area (Å²) in [4.78, 5) is 4.23. The number of aromatic nitrogens is 3. The highest BCUT2D eigenvalue weighted by Gasteiger charge is 2.21. The Labute approximate surface area is 120 Å². The van der Waals surface area contributed by atoms with E-state index in [2.05, 4.69) is 25.2 Å². The fourth-order valence-electron chi connectivity index (χ4n) is 1.67. The Kier molecular flexibility index (Phi) is 6.28. The maximum atomic E-state index is 12.1. The second-order valence-corrected chi connectivity index (χ2v) is 6.60. The van der Waals surface area contributed by atoms with E-state index in [0.29, 0.717) is 13.0 Å². The number of aryl methyl sites for hydroxylation is 2. The number of nitrogens with one attached hydrogen (secondary N) is 2. The lowest BCUT2D eigenvalue weighted by molar-refractivity contribution is 0.579. The maximum absolute atomic E-state index is 12.1. The largest absolute Gasteiger partial charge is 0.316 e. The van der Waals surface area contributed by atoms with Crippen LogP contribution in [0.3, 0.4) is 0 Å². The van der Waals surface area contributed by atoms with E-state index in [1.54, 1.807) is 6.92 Å². The molecule has 0 aliphatic carbocycles. The van der Waals surface area contributed by atoms with E-state index < -0.39 is 15.3 Å². The molecule has 0 aliphatic rings. The highest BCUT2D eigenvalue weighted by molar-refractivity contribution is 7.93. The monoisotopic (exact) mass is 301 g/mol. The first-order valence-electron chi connectivity index (χ1n) is 6.89. The normalized spacial score (nSPS) is 13.2. The summed E-state index contributed by atoms with van der Waals surface area (Å²) >= 11 is 0. The Bertz CT molecular complexity index is 533. The number of nitrogens with zero attached hydrogens (tertiary/aromatic N) is 3. The molecule has 114 valence electrons. The lowest BCUT2D eigenvalue weighted by Crippen LogP contribution is -2.35. The van der Waals surface area contributed by atoms with Crippen LogP contribution in [0, 0.1) is 0 Å². The van der Waals surface area contributed by atoms with Gasteiger partial charge in [-0.1, -0.05) is 20.8 Å². The zero-order valence-corrected chi connectivity index (χ0v) is 13.3. The molecule has 1 heterocycles. The van der Waals surface area contributed by atoms with Crippen LogP contribution in [-0.2, 0) is 22.9 Å². The van der Waals surface area contributed by atoms with Gasteiger partial charge >= 0.3 is 0 Å². The highest BCUT2D eigenvalue weighted by atomic mass is 32.2. The highest BCUT2D eigenvalue weighted by Crippen LogP contribution is 2.10. The summed E-state index contributed by atoms with van der Waals surface area (Å²) in [6.07, 6.45) is 1.42. The van der Waals surface area contributed by atoms with Gasteiger partial charge < -0.3 is 5.32 Å². The average molecular weight is 301 g/mol. The second-order valence-electron chi connectivity index (χ2n) is 4.50. The van der Waals surface area contributed by atoms with Crippen molar-refractivity contribution in [2.24, 2.45) is 0 Å². The van der Waals surface area contributed by atoms with E-state index in [1.165, 1.54) is 0 Å². The zero-order chi connectivity index (χ0) is 15.2. The summed E-state index contributed by atoms with van der Waals surface area (Å²) in [5, 5.41) is 10.3. The second kappa shape index (κ2) is 7.49. The predicted octanol–water partition coefficient (Wildman–Crippen LogP) is 0.736. The molecule has 0 aromatic carbocycles. The molecule has 2 N–H and O–H groups in total. The number of anilines is 1. The molecule has 1 aromatic heterocycles. The van der Waals surface area contributed by atoms with E-state index in [1.807, 2.05) is 20.8 Å². The average Bonchev–Trinajstić information content (AvgIpc) is 2.43. The minimum atomic E-state index is -3.51. The molecule has 7 nitrogen and oxygen atoms in total. The summed E-state index contributed by atoms with van der Waals surface area (Å²) in [5.41, 5.74) is 1.58. The number of hydrogen-bond donors (Lipinski definition) is 2. The standard InChI is InChI=1S/C12H23N5O2S/c1-5-10-11(6-2)15-16-12(14-10)17-20(18,19)9(4)8-13-7-3/h9,13H,5-8H2,1-4H3,(H,14,16,17). The van der Waals surface area contributed by atoms with Crippen LogP contribution in [0.25, 0.3) is 0 Å². The first kappa shape index (κ1) is 16.8. The van der Waals surface area contributed by atoms with Gasteiger partial charge in [0.25, 0.3) is 5.95 Å². The van der Waals surface area contributed by atoms with Gasteiger partial charge in [0.2, 0.25) is 10.0 Å². The third kappa shape index (κ3) is 4.38. The Morgan fingerprint density at radius 1 is 1.10 bits per heavy atom. The molecule has 0 saturated heterocycles. The first-order valence-corrected chi connectivity index (χ1v) is 8.44. The van der Waals surface area contributed by atoms with E-state index in [-0.39, 0.29) is 5.95 Å². The van der Waals surface area contributed by atoms with Gasteiger partial charge in [-0.2, -0.15) is 0 Å². The van der Waals surface area contributed by atoms with Crippen molar-refractivity contribution >= 4 is 16.0 Å². The lowest BCUT2D eigenvalue weighted by Gasteiger charge is -2.14. The Morgan fingerprint density at radius 3 is 2.30 bits per heavy atom. The van der Waals surface area contributed by atoms with Crippen LogP contribution in [0.5, 0.6) is 0 Å². The Morgan fingerprint density at radius 2 is 1.75 bits per heavy atom. The van der Waals surface area contributed by atoms with Crippen LogP contribution in [0.15, 0.2) is 0 Å². The molecule has 1 aromatic rings. The minimum Gasteiger partial charge on any atom is -0.316 e. The van der Waals surface area contributed by atoms with Crippen molar-refractivity contribution in [3.05, 3.63) is 11.4 Å². The zero-order valence-electron chi connectivity index (χ0n) is 12.5. The van der Waals surface area contributed by atoms with Crippen molar-refractivity contribution < 1.29 is 8.42 Å². The lowest BCUT2D eigenvalue weighted by atomic mass is 10.2. The SMILES string of the molecule is CCNCC(C)S(=O)(=O)Nc1nnc(CC)c(CC)n1. The molecular formula is C12H23N5O2S. The molecule has 0 bridgehead atoms. The fraction of sp³-hybridized carbons (Fsp3) is 0.750. The molecule has 20 heavy (non-hydrogen) atoms. The van der Waals surface area contributed by atoms with E-state index in [0.717, 1.165) is 24.4 Å². The molecule has 1 unspecified atom stereocenters. The van der Waals surface area contributed by atoms with E-state index in [4.69, 9.17) is 0 Å². The molecule has 8 heteroatoms. The summed E-state index contributed by atoms with van der Waals surface area (Å²) in [6, 6.07) is 0. The topological polar surface area (TPSA) is 96.9 Å². The van der Waals surface area contributed by atoms with Gasteiger partial charge in [-0.25, -0.2) is 18.1 Å². The predicted molar refractivity (Wildman–Crippen MR) is 79.1 cm³/mol. The fourth-order valence-corrected chi connectivity index (χ4v) is 2.55. The van der Waals surface area contributed by atoms with Gasteiger partial charge in [0.05, 0.1) is 16.6 Å². The molecule has 0 spiro atoms. The van der Waals surface area contributed by atoms with Crippen LogP contribution in [-0.4, -0.2) is 41.9 Å². The maximum Gasteiger partial charge on any atom is 0.256 e. The van der Waals surface area contributed by atoms with Crippen molar-refractivity contribution in [3.8, 4) is 0 Å². The van der Waals surface area contributed by atoms with E-state index >= 15 is 0 Å². The van der Waals surface area contributed by atoms with E-state index in [9.17, 15) is 8.42 Å². The van der Waals surface area contributed by atoms with Gasteiger partial charge in [0, 0.05) is 6.54 Å². The first-order chi connectivity index (χ1) is 9.44.